The van der Waals surface area contributed by atoms with Gasteiger partial charge in [-0.2, -0.15) is 0 Å². The number of allylic oxidation sites excluding steroid dienone is 2. The molecule has 0 saturated carbocycles. The first-order valence-corrected chi connectivity index (χ1v) is 12.8. The summed E-state index contributed by atoms with van der Waals surface area (Å²) in [5.41, 5.74) is 2.27. The van der Waals surface area contributed by atoms with Crippen LogP contribution in [0.25, 0.3) is 0 Å². The predicted octanol–water partition coefficient (Wildman–Crippen LogP) is 2.32. The number of sulfonamides is 1. The fourth-order valence-corrected chi connectivity index (χ4v) is 7.23. The van der Waals surface area contributed by atoms with Gasteiger partial charge in [0.05, 0.1) is 11.2 Å². The van der Waals surface area contributed by atoms with Crippen molar-refractivity contribution in [2.24, 2.45) is 5.92 Å². The van der Waals surface area contributed by atoms with E-state index in [9.17, 15) is 13.2 Å². The second-order valence-corrected chi connectivity index (χ2v) is 11.2. The number of aromatic nitrogens is 2. The van der Waals surface area contributed by atoms with E-state index >= 15 is 0 Å². The van der Waals surface area contributed by atoms with Gasteiger partial charge in [0.15, 0.2) is 11.0 Å². The molecule has 0 radical (unpaired) electrons. The number of amides is 1. The van der Waals surface area contributed by atoms with Crippen LogP contribution in [0.3, 0.4) is 0 Å². The number of rotatable bonds is 6. The minimum absolute atomic E-state index is 0.202. The molecule has 2 saturated heterocycles. The molecule has 1 aromatic heterocycles. The Morgan fingerprint density at radius 1 is 1.00 bits per heavy atom. The van der Waals surface area contributed by atoms with Gasteiger partial charge in [0.1, 0.15) is 0 Å². The molecule has 4 rings (SSSR count). The maximum Gasteiger partial charge on any atom is 0.241 e. The van der Waals surface area contributed by atoms with E-state index < -0.39 is 21.2 Å². The normalized spacial score (nSPS) is 26.5. The molecule has 2 aliphatic heterocycles. The summed E-state index contributed by atoms with van der Waals surface area (Å²) in [6.07, 6.45) is 5.84. The van der Waals surface area contributed by atoms with Crippen LogP contribution in [0.15, 0.2) is 23.5 Å². The maximum atomic E-state index is 12.9. The van der Waals surface area contributed by atoms with E-state index in [1.807, 2.05) is 13.8 Å². The lowest BCUT2D eigenvalue weighted by Gasteiger charge is -2.35. The number of unbranched alkanes of at least 4 members (excludes halogenated alkanes) is 1. The fraction of sp³-hybridized carbons (Fsp3) is 0.667. The molecule has 0 N–H and O–H groups in total. The first kappa shape index (κ1) is 22.5. The summed E-state index contributed by atoms with van der Waals surface area (Å²) in [6.45, 7) is 8.60. The highest BCUT2D eigenvalue weighted by Crippen LogP contribution is 2.41. The summed E-state index contributed by atoms with van der Waals surface area (Å²) in [4.78, 5) is 25.7. The van der Waals surface area contributed by atoms with Crippen LogP contribution in [0.2, 0.25) is 5.15 Å². The number of piperazine rings is 1. The van der Waals surface area contributed by atoms with E-state index in [1.54, 1.807) is 12.4 Å². The van der Waals surface area contributed by atoms with Crippen LogP contribution in [-0.2, 0) is 14.8 Å². The third kappa shape index (κ3) is 4.45. The highest BCUT2D eigenvalue weighted by molar-refractivity contribution is 7.90. The molecule has 0 spiro atoms. The Morgan fingerprint density at radius 3 is 2.35 bits per heavy atom. The molecule has 1 amide bonds. The average Bonchev–Trinajstić information content (AvgIpc) is 2.92. The lowest BCUT2D eigenvalue weighted by atomic mass is 9.84. The van der Waals surface area contributed by atoms with Crippen molar-refractivity contribution < 1.29 is 13.2 Å². The summed E-state index contributed by atoms with van der Waals surface area (Å²) in [5.74, 6) is 0.129. The summed E-state index contributed by atoms with van der Waals surface area (Å²) in [5, 5.41) is -0.140. The van der Waals surface area contributed by atoms with Gasteiger partial charge < -0.3 is 4.90 Å². The standard InChI is InChI=1S/C21H30ClN5O3S/c1-15-13-17-18(14-16(15)2)31(29,30)27(21(17)28)8-4-3-7-25-9-11-26(12-10-25)20-19(22)23-5-6-24-20/h5-6,17-18H,3-4,7-14H2,1-2H3. The first-order valence-electron chi connectivity index (χ1n) is 10.9. The molecule has 2 unspecified atom stereocenters. The van der Waals surface area contributed by atoms with Gasteiger partial charge in [0.25, 0.3) is 0 Å². The number of hydrogen-bond donors (Lipinski definition) is 0. The van der Waals surface area contributed by atoms with Gasteiger partial charge in [-0.15, -0.1) is 0 Å². The van der Waals surface area contributed by atoms with Crippen molar-refractivity contribution in [2.45, 2.75) is 44.8 Å². The monoisotopic (exact) mass is 467 g/mol. The lowest BCUT2D eigenvalue weighted by Crippen LogP contribution is -2.47. The van der Waals surface area contributed by atoms with E-state index in [2.05, 4.69) is 19.8 Å². The number of carbonyl (C=O) groups excluding carboxylic acids is 1. The van der Waals surface area contributed by atoms with Crippen molar-refractivity contribution in [3.8, 4) is 0 Å². The molecule has 10 heteroatoms. The predicted molar refractivity (Wildman–Crippen MR) is 120 cm³/mol. The van der Waals surface area contributed by atoms with E-state index in [4.69, 9.17) is 11.6 Å². The van der Waals surface area contributed by atoms with Crippen molar-refractivity contribution >= 4 is 33.3 Å². The van der Waals surface area contributed by atoms with Gasteiger partial charge in [0, 0.05) is 45.1 Å². The molecule has 2 fully saturated rings. The Kier molecular flexibility index (Phi) is 6.55. The highest BCUT2D eigenvalue weighted by Gasteiger charge is 2.53. The lowest BCUT2D eigenvalue weighted by molar-refractivity contribution is -0.129. The third-order valence-corrected chi connectivity index (χ3v) is 9.36. The number of carbonyl (C=O) groups is 1. The molecule has 2 atom stereocenters. The highest BCUT2D eigenvalue weighted by atomic mass is 35.5. The molecular weight excluding hydrogens is 438 g/mol. The SMILES string of the molecule is CC1=C(C)CC2C(C1)C(=O)N(CCCCN1CCN(c3nccnc3Cl)CC1)S2(=O)=O. The number of anilines is 1. The maximum absolute atomic E-state index is 12.9. The van der Waals surface area contributed by atoms with Crippen LogP contribution in [-0.4, -0.2) is 78.0 Å². The zero-order chi connectivity index (χ0) is 22.2. The first-order chi connectivity index (χ1) is 14.8. The van der Waals surface area contributed by atoms with E-state index in [0.29, 0.717) is 31.0 Å². The Bertz CT molecular complexity index is 975. The quantitative estimate of drug-likeness (QED) is 0.468. The number of halogens is 1. The van der Waals surface area contributed by atoms with E-state index in [0.717, 1.165) is 56.1 Å². The Balaban J connectivity index is 1.24. The molecular formula is C21H30ClN5O3S. The van der Waals surface area contributed by atoms with E-state index in [1.165, 1.54) is 4.31 Å². The number of nitrogens with zero attached hydrogens (tertiary/aromatic N) is 5. The molecule has 1 aliphatic carbocycles. The molecule has 0 aromatic carbocycles. The molecule has 3 aliphatic rings. The Labute approximate surface area is 189 Å². The largest absolute Gasteiger partial charge is 0.351 e. The van der Waals surface area contributed by atoms with E-state index in [-0.39, 0.29) is 5.91 Å². The van der Waals surface area contributed by atoms with Crippen LogP contribution in [0.5, 0.6) is 0 Å². The van der Waals surface area contributed by atoms with Crippen LogP contribution >= 0.6 is 11.6 Å². The number of hydrogen-bond acceptors (Lipinski definition) is 7. The molecule has 3 heterocycles. The van der Waals surface area contributed by atoms with Gasteiger partial charge in [-0.25, -0.2) is 22.7 Å². The van der Waals surface area contributed by atoms with Gasteiger partial charge in [0.2, 0.25) is 15.9 Å². The van der Waals surface area contributed by atoms with Gasteiger partial charge in [-0.3, -0.25) is 9.69 Å². The minimum atomic E-state index is -3.54. The molecule has 0 bridgehead atoms. The second kappa shape index (κ2) is 9.03. The van der Waals surface area contributed by atoms with Crippen LogP contribution < -0.4 is 4.90 Å². The van der Waals surface area contributed by atoms with Gasteiger partial charge in [-0.05, 0) is 46.1 Å². The van der Waals surface area contributed by atoms with Gasteiger partial charge >= 0.3 is 0 Å². The Hall–Kier alpha value is -1.71. The smallest absolute Gasteiger partial charge is 0.241 e. The van der Waals surface area contributed by atoms with Crippen LogP contribution in [0, 0.1) is 5.92 Å². The zero-order valence-electron chi connectivity index (χ0n) is 18.1. The average molecular weight is 468 g/mol. The summed E-state index contributed by atoms with van der Waals surface area (Å²) in [6, 6.07) is 0. The van der Waals surface area contributed by atoms with Crippen LogP contribution in [0.4, 0.5) is 5.82 Å². The van der Waals surface area contributed by atoms with Crippen molar-refractivity contribution in [1.82, 2.24) is 19.2 Å². The molecule has 170 valence electrons. The number of fused-ring (bicyclic) bond motifs is 1. The topological polar surface area (TPSA) is 86.7 Å². The second-order valence-electron chi connectivity index (χ2n) is 8.78. The fourth-order valence-electron chi connectivity index (χ4n) is 4.82. The summed E-state index contributed by atoms with van der Waals surface area (Å²) < 4.78 is 27.0. The van der Waals surface area contributed by atoms with Crippen molar-refractivity contribution in [3.63, 3.8) is 0 Å². The van der Waals surface area contributed by atoms with Gasteiger partial charge in [-0.1, -0.05) is 22.7 Å². The van der Waals surface area contributed by atoms with Crippen molar-refractivity contribution in [1.29, 1.82) is 0 Å². The van der Waals surface area contributed by atoms with Crippen molar-refractivity contribution in [3.05, 3.63) is 28.7 Å². The molecule has 31 heavy (non-hydrogen) atoms. The van der Waals surface area contributed by atoms with Crippen LogP contribution in [0.1, 0.15) is 39.5 Å². The zero-order valence-corrected chi connectivity index (χ0v) is 19.7. The van der Waals surface area contributed by atoms with Crippen molar-refractivity contribution in [2.75, 3.05) is 44.2 Å². The minimum Gasteiger partial charge on any atom is -0.351 e. The third-order valence-electron chi connectivity index (χ3n) is 6.86. The molecule has 1 aromatic rings. The summed E-state index contributed by atoms with van der Waals surface area (Å²) >= 11 is 6.14. The Morgan fingerprint density at radius 2 is 1.65 bits per heavy atom. The summed E-state index contributed by atoms with van der Waals surface area (Å²) in [7, 11) is -3.54. The molecule has 8 nitrogen and oxygen atoms in total.